The van der Waals surface area contributed by atoms with Crippen LogP contribution in [0.4, 0.5) is 4.79 Å². The van der Waals surface area contributed by atoms with Crippen LogP contribution in [0.3, 0.4) is 0 Å². The summed E-state index contributed by atoms with van der Waals surface area (Å²) < 4.78 is 4.83. The van der Waals surface area contributed by atoms with Gasteiger partial charge in [0.1, 0.15) is 5.15 Å². The number of carbonyl (C=O) groups excluding carboxylic acids is 1. The Hall–Kier alpha value is -1.55. The van der Waals surface area contributed by atoms with Crippen molar-refractivity contribution < 1.29 is 9.53 Å². The summed E-state index contributed by atoms with van der Waals surface area (Å²) in [5, 5.41) is 0.522. The van der Waals surface area contributed by atoms with E-state index in [1.807, 2.05) is 12.1 Å². The number of hydrogen-bond acceptors (Lipinski definition) is 3. The quantitative estimate of drug-likeness (QED) is 0.578. The molecule has 1 aromatic rings. The van der Waals surface area contributed by atoms with Crippen LogP contribution in [0.5, 0.6) is 0 Å². The Morgan fingerprint density at radius 1 is 1.56 bits per heavy atom. The lowest BCUT2D eigenvalue weighted by Crippen LogP contribution is -2.36. The summed E-state index contributed by atoms with van der Waals surface area (Å²) in [6, 6.07) is 4.00. The number of methoxy groups -OCH3 is 1. The van der Waals surface area contributed by atoms with Crippen molar-refractivity contribution in [1.82, 2.24) is 9.88 Å². The summed E-state index contributed by atoms with van der Waals surface area (Å²) in [6.07, 6.45) is 6.38. The first-order chi connectivity index (χ1) is 8.72. The van der Waals surface area contributed by atoms with Crippen LogP contribution in [0, 0.1) is 0 Å². The van der Waals surface area contributed by atoms with Crippen LogP contribution in [-0.4, -0.2) is 35.2 Å². The van der Waals surface area contributed by atoms with Crippen molar-refractivity contribution in [3.05, 3.63) is 41.2 Å². The van der Waals surface area contributed by atoms with Crippen molar-refractivity contribution in [3.63, 3.8) is 0 Å². The summed E-state index contributed by atoms with van der Waals surface area (Å²) >= 11 is 6.13. The zero-order valence-electron chi connectivity index (χ0n) is 9.91. The van der Waals surface area contributed by atoms with Crippen molar-refractivity contribution in [2.45, 2.75) is 24.4 Å². The van der Waals surface area contributed by atoms with Crippen LogP contribution in [0.25, 0.3) is 0 Å². The maximum atomic E-state index is 11.8. The van der Waals surface area contributed by atoms with Gasteiger partial charge in [-0.2, -0.15) is 0 Å². The Kier molecular flexibility index (Phi) is 2.74. The molecule has 3 atom stereocenters. The van der Waals surface area contributed by atoms with Gasteiger partial charge in [0.2, 0.25) is 0 Å². The highest BCUT2D eigenvalue weighted by molar-refractivity contribution is 6.30. The van der Waals surface area contributed by atoms with Crippen molar-refractivity contribution in [2.75, 3.05) is 7.11 Å². The maximum Gasteiger partial charge on any atom is 0.410 e. The second kappa shape index (κ2) is 4.28. The van der Waals surface area contributed by atoms with Crippen LogP contribution < -0.4 is 0 Å². The molecule has 0 saturated carbocycles. The molecule has 0 aromatic carbocycles. The first-order valence-corrected chi connectivity index (χ1v) is 6.25. The lowest BCUT2D eigenvalue weighted by molar-refractivity contribution is 0.120. The molecule has 3 heterocycles. The lowest BCUT2D eigenvalue weighted by atomic mass is 9.88. The van der Waals surface area contributed by atoms with Crippen molar-refractivity contribution in [1.29, 1.82) is 0 Å². The normalized spacial score (nSPS) is 28.8. The number of hydrogen-bond donors (Lipinski definition) is 0. The Morgan fingerprint density at radius 2 is 2.39 bits per heavy atom. The summed E-state index contributed by atoms with van der Waals surface area (Å²) in [7, 11) is 1.41. The minimum absolute atomic E-state index is 0.0316. The highest BCUT2D eigenvalue weighted by atomic mass is 35.5. The van der Waals surface area contributed by atoms with Gasteiger partial charge in [0, 0.05) is 12.1 Å². The van der Waals surface area contributed by atoms with Crippen molar-refractivity contribution in [2.24, 2.45) is 0 Å². The fourth-order valence-electron chi connectivity index (χ4n) is 2.92. The van der Waals surface area contributed by atoms with E-state index >= 15 is 0 Å². The minimum Gasteiger partial charge on any atom is -0.453 e. The van der Waals surface area contributed by atoms with E-state index in [0.717, 1.165) is 12.0 Å². The second-order valence-corrected chi connectivity index (χ2v) is 4.90. The van der Waals surface area contributed by atoms with Gasteiger partial charge in [-0.3, -0.25) is 4.90 Å². The molecule has 2 aliphatic heterocycles. The first-order valence-electron chi connectivity index (χ1n) is 5.87. The van der Waals surface area contributed by atoms with Gasteiger partial charge < -0.3 is 4.74 Å². The van der Waals surface area contributed by atoms with E-state index in [4.69, 9.17) is 16.3 Å². The fourth-order valence-corrected chi connectivity index (χ4v) is 3.18. The molecule has 0 spiro atoms. The fraction of sp³-hybridized carbons (Fsp3) is 0.385. The molecular formula is C13H13ClN2O2. The van der Waals surface area contributed by atoms with E-state index in [1.54, 1.807) is 11.1 Å². The third-order valence-electron chi connectivity index (χ3n) is 3.69. The molecule has 1 aromatic heterocycles. The van der Waals surface area contributed by atoms with Gasteiger partial charge in [0.25, 0.3) is 0 Å². The third-order valence-corrected chi connectivity index (χ3v) is 4.01. The summed E-state index contributed by atoms with van der Waals surface area (Å²) in [4.78, 5) is 17.6. The van der Waals surface area contributed by atoms with Crippen molar-refractivity contribution >= 4 is 17.7 Å². The van der Waals surface area contributed by atoms with Crippen LogP contribution >= 0.6 is 11.6 Å². The molecule has 3 rings (SSSR count). The van der Waals surface area contributed by atoms with E-state index in [9.17, 15) is 4.79 Å². The number of amides is 1. The van der Waals surface area contributed by atoms with Gasteiger partial charge in [-0.15, -0.1) is 0 Å². The standard InChI is InChI=1S/C13H13ClN2O2/c1-18-13(17)16-8-4-5-11(16)10(7-8)9-3-2-6-15-12(9)14/h2-6,8,10-11H,7H2,1H3. The molecule has 1 fully saturated rings. The zero-order valence-corrected chi connectivity index (χ0v) is 10.7. The molecule has 4 nitrogen and oxygen atoms in total. The molecular weight excluding hydrogens is 252 g/mol. The average Bonchev–Trinajstić information content (AvgIpc) is 2.96. The number of rotatable bonds is 1. The van der Waals surface area contributed by atoms with Gasteiger partial charge >= 0.3 is 6.09 Å². The van der Waals surface area contributed by atoms with Crippen molar-refractivity contribution in [3.8, 4) is 0 Å². The molecule has 2 aliphatic rings. The topological polar surface area (TPSA) is 42.4 Å². The highest BCUT2D eigenvalue weighted by Crippen LogP contribution is 2.44. The van der Waals surface area contributed by atoms with Crippen LogP contribution in [-0.2, 0) is 4.74 Å². The van der Waals surface area contributed by atoms with Gasteiger partial charge in [-0.1, -0.05) is 29.8 Å². The molecule has 0 radical (unpaired) electrons. The van der Waals surface area contributed by atoms with Gasteiger partial charge in [-0.05, 0) is 18.1 Å². The number of carbonyl (C=O) groups is 1. The van der Waals surface area contributed by atoms with Crippen LogP contribution in [0.2, 0.25) is 5.15 Å². The first kappa shape index (κ1) is 11.5. The number of fused-ring (bicyclic) bond motifs is 2. The van der Waals surface area contributed by atoms with Crippen LogP contribution in [0.1, 0.15) is 17.9 Å². The summed E-state index contributed by atoms with van der Waals surface area (Å²) in [6.45, 7) is 0. The van der Waals surface area contributed by atoms with E-state index in [0.29, 0.717) is 5.15 Å². The zero-order chi connectivity index (χ0) is 12.7. The Balaban J connectivity index is 1.92. The Morgan fingerprint density at radius 3 is 3.11 bits per heavy atom. The number of aromatic nitrogens is 1. The molecule has 94 valence electrons. The maximum absolute atomic E-state index is 11.8. The SMILES string of the molecule is COC(=O)N1C2C=CC1C(c1cccnc1Cl)C2. The minimum atomic E-state index is -0.280. The van der Waals surface area contributed by atoms with E-state index < -0.39 is 0 Å². The molecule has 0 N–H and O–H groups in total. The molecule has 2 bridgehead atoms. The molecule has 1 saturated heterocycles. The number of halogens is 1. The average molecular weight is 265 g/mol. The predicted molar refractivity (Wildman–Crippen MR) is 67.6 cm³/mol. The smallest absolute Gasteiger partial charge is 0.410 e. The van der Waals surface area contributed by atoms with Gasteiger partial charge in [0.15, 0.2) is 0 Å². The highest BCUT2D eigenvalue weighted by Gasteiger charge is 2.46. The Labute approximate surface area is 110 Å². The molecule has 0 aliphatic carbocycles. The molecule has 5 heteroatoms. The van der Waals surface area contributed by atoms with Crippen LogP contribution in [0.15, 0.2) is 30.5 Å². The van der Waals surface area contributed by atoms with Gasteiger partial charge in [-0.25, -0.2) is 9.78 Å². The van der Waals surface area contributed by atoms with E-state index in [2.05, 4.69) is 17.1 Å². The summed E-state index contributed by atoms with van der Waals surface area (Å²) in [5.41, 5.74) is 1.00. The summed E-state index contributed by atoms with van der Waals surface area (Å²) in [5.74, 6) is 0.209. The third kappa shape index (κ3) is 1.60. The van der Waals surface area contributed by atoms with E-state index in [1.165, 1.54) is 7.11 Å². The van der Waals surface area contributed by atoms with E-state index in [-0.39, 0.29) is 24.1 Å². The Bertz CT molecular complexity index is 517. The number of nitrogens with zero attached hydrogens (tertiary/aromatic N) is 2. The second-order valence-electron chi connectivity index (χ2n) is 4.55. The predicted octanol–water partition coefficient (Wildman–Crippen LogP) is 2.60. The molecule has 1 amide bonds. The lowest BCUT2D eigenvalue weighted by Gasteiger charge is -2.23. The molecule has 18 heavy (non-hydrogen) atoms. The molecule has 3 unspecified atom stereocenters. The number of ether oxygens (including phenoxy) is 1. The number of pyridine rings is 1. The van der Waals surface area contributed by atoms with Gasteiger partial charge in [0.05, 0.1) is 19.2 Å². The monoisotopic (exact) mass is 264 g/mol. The largest absolute Gasteiger partial charge is 0.453 e.